The molecule has 0 saturated heterocycles. The Hall–Kier alpha value is -2.09. The predicted molar refractivity (Wildman–Crippen MR) is 77.0 cm³/mol. The number of methoxy groups -OCH3 is 1. The van der Waals surface area contributed by atoms with Gasteiger partial charge in [0.2, 0.25) is 0 Å². The second kappa shape index (κ2) is 6.19. The average molecular weight is 254 g/mol. The van der Waals surface area contributed by atoms with Gasteiger partial charge < -0.3 is 4.74 Å². The molecular weight excluding hydrogens is 236 g/mol. The van der Waals surface area contributed by atoms with Crippen LogP contribution in [-0.4, -0.2) is 13.1 Å². The molecule has 0 aliphatic carbocycles. The van der Waals surface area contributed by atoms with Crippen LogP contribution in [0.2, 0.25) is 0 Å². The summed E-state index contributed by atoms with van der Waals surface area (Å²) in [5.41, 5.74) is 4.83. The van der Waals surface area contributed by atoms with Crippen LogP contribution in [0.5, 0.6) is 0 Å². The first-order valence-electron chi connectivity index (χ1n) is 6.42. The number of aryl methyl sites for hydroxylation is 2. The molecule has 0 amide bonds. The molecule has 0 unspecified atom stereocenters. The number of ether oxygens (including phenoxy) is 1. The molecule has 2 nitrogen and oxygen atoms in total. The van der Waals surface area contributed by atoms with E-state index < -0.39 is 0 Å². The van der Waals surface area contributed by atoms with Crippen molar-refractivity contribution < 1.29 is 9.53 Å². The van der Waals surface area contributed by atoms with Gasteiger partial charge in [-0.15, -0.1) is 0 Å². The molecule has 0 atom stereocenters. The van der Waals surface area contributed by atoms with Gasteiger partial charge in [0, 0.05) is 6.42 Å². The summed E-state index contributed by atoms with van der Waals surface area (Å²) in [7, 11) is 1.42. The highest BCUT2D eigenvalue weighted by atomic mass is 16.5. The molecule has 0 aliphatic rings. The molecule has 0 aliphatic heterocycles. The smallest absolute Gasteiger partial charge is 0.305 e. The van der Waals surface area contributed by atoms with Gasteiger partial charge >= 0.3 is 5.97 Å². The second-order valence-electron chi connectivity index (χ2n) is 4.64. The van der Waals surface area contributed by atoms with Crippen molar-refractivity contribution in [3.05, 3.63) is 59.7 Å². The summed E-state index contributed by atoms with van der Waals surface area (Å²) < 4.78 is 4.64. The highest BCUT2D eigenvalue weighted by Crippen LogP contribution is 2.20. The molecule has 2 aromatic carbocycles. The molecule has 19 heavy (non-hydrogen) atoms. The Morgan fingerprint density at radius 1 is 0.947 bits per heavy atom. The third-order valence-electron chi connectivity index (χ3n) is 3.18. The molecule has 0 spiro atoms. The van der Waals surface area contributed by atoms with Gasteiger partial charge in [-0.25, -0.2) is 0 Å². The number of rotatable bonds is 4. The van der Waals surface area contributed by atoms with Crippen molar-refractivity contribution in [1.29, 1.82) is 0 Å². The minimum Gasteiger partial charge on any atom is -0.469 e. The first kappa shape index (κ1) is 13.3. The second-order valence-corrected chi connectivity index (χ2v) is 4.64. The van der Waals surface area contributed by atoms with Crippen molar-refractivity contribution in [2.45, 2.75) is 19.8 Å². The maximum atomic E-state index is 11.1. The Morgan fingerprint density at radius 3 is 2.00 bits per heavy atom. The molecule has 0 radical (unpaired) electrons. The van der Waals surface area contributed by atoms with E-state index in [4.69, 9.17) is 0 Å². The Balaban J connectivity index is 2.06. The minimum atomic E-state index is -0.164. The average Bonchev–Trinajstić information content (AvgIpc) is 2.46. The van der Waals surface area contributed by atoms with E-state index in [1.54, 1.807) is 0 Å². The maximum absolute atomic E-state index is 11.1. The van der Waals surface area contributed by atoms with Crippen molar-refractivity contribution in [2.24, 2.45) is 0 Å². The van der Waals surface area contributed by atoms with Gasteiger partial charge in [0.1, 0.15) is 0 Å². The Kier molecular flexibility index (Phi) is 4.35. The molecule has 0 aromatic heterocycles. The minimum absolute atomic E-state index is 0.164. The van der Waals surface area contributed by atoms with E-state index in [0.717, 1.165) is 12.0 Å². The van der Waals surface area contributed by atoms with Gasteiger partial charge in [-0.3, -0.25) is 4.79 Å². The largest absolute Gasteiger partial charge is 0.469 e. The first-order chi connectivity index (χ1) is 9.19. The quantitative estimate of drug-likeness (QED) is 0.776. The van der Waals surface area contributed by atoms with Crippen molar-refractivity contribution >= 4 is 5.97 Å². The Labute approximate surface area is 114 Å². The zero-order valence-electron chi connectivity index (χ0n) is 11.3. The summed E-state index contributed by atoms with van der Waals surface area (Å²) in [5.74, 6) is -0.164. The summed E-state index contributed by atoms with van der Waals surface area (Å²) in [6.45, 7) is 2.08. The summed E-state index contributed by atoms with van der Waals surface area (Å²) >= 11 is 0. The number of hydrogen-bond acceptors (Lipinski definition) is 2. The van der Waals surface area contributed by atoms with Crippen molar-refractivity contribution in [1.82, 2.24) is 0 Å². The summed E-state index contributed by atoms with van der Waals surface area (Å²) in [6.07, 6.45) is 1.15. The van der Waals surface area contributed by atoms with E-state index in [-0.39, 0.29) is 5.97 Å². The highest BCUT2D eigenvalue weighted by molar-refractivity contribution is 5.69. The standard InChI is InChI=1S/C17H18O2/c1-13-3-8-15(9-4-13)16-10-5-14(6-11-16)7-12-17(18)19-2/h3-6,8-11H,7,12H2,1-2H3. The van der Waals surface area contributed by atoms with E-state index in [9.17, 15) is 4.79 Å². The molecule has 2 heteroatoms. The number of esters is 1. The van der Waals surface area contributed by atoms with Crippen LogP contribution < -0.4 is 0 Å². The van der Waals surface area contributed by atoms with E-state index in [1.807, 2.05) is 0 Å². The lowest BCUT2D eigenvalue weighted by molar-refractivity contribution is -0.140. The highest BCUT2D eigenvalue weighted by Gasteiger charge is 2.02. The van der Waals surface area contributed by atoms with Crippen LogP contribution in [0.15, 0.2) is 48.5 Å². The molecule has 2 aromatic rings. The van der Waals surface area contributed by atoms with Gasteiger partial charge in [-0.2, -0.15) is 0 Å². The van der Waals surface area contributed by atoms with E-state index in [1.165, 1.54) is 23.8 Å². The Morgan fingerprint density at radius 2 is 1.47 bits per heavy atom. The SMILES string of the molecule is COC(=O)CCc1ccc(-c2ccc(C)cc2)cc1. The molecule has 0 fully saturated rings. The predicted octanol–water partition coefficient (Wildman–Crippen LogP) is 3.77. The van der Waals surface area contributed by atoms with Crippen LogP contribution in [0.4, 0.5) is 0 Å². The molecule has 0 bridgehead atoms. The van der Waals surface area contributed by atoms with E-state index >= 15 is 0 Å². The van der Waals surface area contributed by atoms with Gasteiger partial charge in [-0.1, -0.05) is 54.1 Å². The topological polar surface area (TPSA) is 26.3 Å². The molecule has 0 saturated carbocycles. The van der Waals surface area contributed by atoms with Crippen LogP contribution in [0.1, 0.15) is 17.5 Å². The van der Waals surface area contributed by atoms with Crippen LogP contribution >= 0.6 is 0 Å². The molecule has 2 rings (SSSR count). The molecule has 98 valence electrons. The zero-order chi connectivity index (χ0) is 13.7. The van der Waals surface area contributed by atoms with Crippen LogP contribution in [0.25, 0.3) is 11.1 Å². The van der Waals surface area contributed by atoms with Crippen LogP contribution in [0, 0.1) is 6.92 Å². The lowest BCUT2D eigenvalue weighted by atomic mass is 10.0. The number of carbonyl (C=O) groups excluding carboxylic acids is 1. The monoisotopic (exact) mass is 254 g/mol. The fourth-order valence-corrected chi connectivity index (χ4v) is 1.96. The van der Waals surface area contributed by atoms with Crippen molar-refractivity contribution in [2.75, 3.05) is 7.11 Å². The lowest BCUT2D eigenvalue weighted by Gasteiger charge is -2.05. The van der Waals surface area contributed by atoms with Crippen molar-refractivity contribution in [3.63, 3.8) is 0 Å². The number of carbonyl (C=O) groups is 1. The molecular formula is C17H18O2. The van der Waals surface area contributed by atoms with Crippen LogP contribution in [0.3, 0.4) is 0 Å². The van der Waals surface area contributed by atoms with Crippen LogP contribution in [-0.2, 0) is 16.0 Å². The summed E-state index contributed by atoms with van der Waals surface area (Å²) in [6, 6.07) is 16.8. The van der Waals surface area contributed by atoms with Gasteiger partial charge in [0.25, 0.3) is 0 Å². The summed E-state index contributed by atoms with van der Waals surface area (Å²) in [4.78, 5) is 11.1. The number of hydrogen-bond donors (Lipinski definition) is 0. The molecule has 0 heterocycles. The first-order valence-corrected chi connectivity index (χ1v) is 6.42. The van der Waals surface area contributed by atoms with Gasteiger partial charge in [0.15, 0.2) is 0 Å². The summed E-state index contributed by atoms with van der Waals surface area (Å²) in [5, 5.41) is 0. The van der Waals surface area contributed by atoms with E-state index in [2.05, 4.69) is 60.2 Å². The Bertz CT molecular complexity index is 538. The third-order valence-corrected chi connectivity index (χ3v) is 3.18. The van der Waals surface area contributed by atoms with Gasteiger partial charge in [-0.05, 0) is 30.0 Å². The zero-order valence-corrected chi connectivity index (χ0v) is 11.3. The number of benzene rings is 2. The normalized spacial score (nSPS) is 10.2. The lowest BCUT2D eigenvalue weighted by Crippen LogP contribution is -2.01. The van der Waals surface area contributed by atoms with Crippen molar-refractivity contribution in [3.8, 4) is 11.1 Å². The van der Waals surface area contributed by atoms with Gasteiger partial charge in [0.05, 0.1) is 7.11 Å². The molecule has 0 N–H and O–H groups in total. The fraction of sp³-hybridized carbons (Fsp3) is 0.235. The maximum Gasteiger partial charge on any atom is 0.305 e. The fourth-order valence-electron chi connectivity index (χ4n) is 1.96. The van der Waals surface area contributed by atoms with E-state index in [0.29, 0.717) is 6.42 Å². The third kappa shape index (κ3) is 3.68.